The third-order valence-electron chi connectivity index (χ3n) is 3.66. The molecule has 0 radical (unpaired) electrons. The van der Waals surface area contributed by atoms with Crippen molar-refractivity contribution in [1.29, 1.82) is 0 Å². The summed E-state index contributed by atoms with van der Waals surface area (Å²) in [5.74, 6) is 1.05. The lowest BCUT2D eigenvalue weighted by Gasteiger charge is -2.13. The number of ether oxygens (including phenoxy) is 2. The van der Waals surface area contributed by atoms with Crippen molar-refractivity contribution in [3.05, 3.63) is 41.5 Å². The van der Waals surface area contributed by atoms with Crippen LogP contribution in [0, 0.1) is 0 Å². The van der Waals surface area contributed by atoms with Crippen LogP contribution in [0.15, 0.2) is 24.5 Å². The van der Waals surface area contributed by atoms with Gasteiger partial charge in [-0.2, -0.15) is 0 Å². The molecule has 2 heterocycles. The number of nitrogens with zero attached hydrogens (tertiary/aromatic N) is 2. The van der Waals surface area contributed by atoms with E-state index in [4.69, 9.17) is 14.6 Å². The summed E-state index contributed by atoms with van der Waals surface area (Å²) in [6.07, 6.45) is 3.35. The molecule has 1 unspecified atom stereocenters. The number of carbonyl (C=O) groups excluding carboxylic acids is 1. The van der Waals surface area contributed by atoms with Crippen LogP contribution in [0.2, 0.25) is 0 Å². The Kier molecular flexibility index (Phi) is 4.50. The molecule has 126 valence electrons. The molecule has 0 saturated heterocycles. The van der Waals surface area contributed by atoms with Crippen LogP contribution in [0.4, 0.5) is 0 Å². The fraction of sp³-hybridized carbons (Fsp3) is 0.353. The van der Waals surface area contributed by atoms with Gasteiger partial charge >= 0.3 is 0 Å². The number of hydrogen-bond acceptors (Lipinski definition) is 6. The van der Waals surface area contributed by atoms with E-state index in [1.807, 2.05) is 26.0 Å². The molecule has 0 spiro atoms. The Morgan fingerprint density at radius 1 is 1.42 bits per heavy atom. The zero-order valence-corrected chi connectivity index (χ0v) is 13.6. The maximum atomic E-state index is 12.1. The molecule has 1 amide bonds. The van der Waals surface area contributed by atoms with Gasteiger partial charge in [-0.1, -0.05) is 0 Å². The lowest BCUT2D eigenvalue weighted by molar-refractivity contribution is 0.0940. The molecule has 1 aliphatic heterocycles. The van der Waals surface area contributed by atoms with Crippen LogP contribution in [0.25, 0.3) is 0 Å². The van der Waals surface area contributed by atoms with Crippen molar-refractivity contribution >= 4 is 5.91 Å². The largest absolute Gasteiger partial charge is 0.505 e. The standard InChI is InChI=1S/C17H19N3O4/c1-3-23-14-5-11-4-10(2)24-15(11)6-12(14)7-20-17(22)16-18-8-13(21)9-19-16/h5-6,8-10,21H,3-4,7H2,1-2H3,(H,20,22). The molecule has 1 aliphatic rings. The van der Waals surface area contributed by atoms with E-state index in [0.29, 0.717) is 6.61 Å². The van der Waals surface area contributed by atoms with E-state index in [2.05, 4.69) is 15.3 Å². The molecule has 0 saturated carbocycles. The Bertz CT molecular complexity index is 746. The second-order valence-electron chi connectivity index (χ2n) is 5.58. The Morgan fingerprint density at radius 3 is 2.88 bits per heavy atom. The van der Waals surface area contributed by atoms with Gasteiger partial charge in [0.25, 0.3) is 5.91 Å². The highest BCUT2D eigenvalue weighted by Crippen LogP contribution is 2.35. The lowest BCUT2D eigenvalue weighted by atomic mass is 10.1. The number of hydrogen-bond donors (Lipinski definition) is 2. The topological polar surface area (TPSA) is 93.6 Å². The summed E-state index contributed by atoms with van der Waals surface area (Å²) in [5, 5.41) is 11.9. The van der Waals surface area contributed by atoms with E-state index in [9.17, 15) is 4.79 Å². The van der Waals surface area contributed by atoms with E-state index < -0.39 is 5.91 Å². The lowest BCUT2D eigenvalue weighted by Crippen LogP contribution is -2.25. The molecule has 7 heteroatoms. The summed E-state index contributed by atoms with van der Waals surface area (Å²) in [6.45, 7) is 4.74. The van der Waals surface area contributed by atoms with Crippen LogP contribution >= 0.6 is 0 Å². The minimum atomic E-state index is -0.424. The molecule has 1 atom stereocenters. The molecule has 0 bridgehead atoms. The number of carbonyl (C=O) groups is 1. The Labute approximate surface area is 139 Å². The Morgan fingerprint density at radius 2 is 2.17 bits per heavy atom. The minimum absolute atomic E-state index is 0.00297. The van der Waals surface area contributed by atoms with Crippen LogP contribution < -0.4 is 14.8 Å². The van der Waals surface area contributed by atoms with Gasteiger partial charge in [-0.05, 0) is 26.0 Å². The molecular weight excluding hydrogens is 310 g/mol. The summed E-state index contributed by atoms with van der Waals surface area (Å²) in [6, 6.07) is 3.88. The minimum Gasteiger partial charge on any atom is -0.505 e. The molecule has 1 aromatic heterocycles. The van der Waals surface area contributed by atoms with Crippen molar-refractivity contribution in [3.63, 3.8) is 0 Å². The van der Waals surface area contributed by atoms with Gasteiger partial charge in [-0.15, -0.1) is 0 Å². The van der Waals surface area contributed by atoms with E-state index in [0.717, 1.165) is 29.0 Å². The van der Waals surface area contributed by atoms with Gasteiger partial charge in [0.1, 0.15) is 17.6 Å². The van der Waals surface area contributed by atoms with Gasteiger partial charge in [0.05, 0.1) is 19.0 Å². The SMILES string of the molecule is CCOc1cc2c(cc1CNC(=O)c1ncc(O)cn1)OC(C)C2. The van der Waals surface area contributed by atoms with Crippen molar-refractivity contribution < 1.29 is 19.4 Å². The monoisotopic (exact) mass is 329 g/mol. The van der Waals surface area contributed by atoms with Gasteiger partial charge in [0.15, 0.2) is 5.75 Å². The zero-order valence-electron chi connectivity index (χ0n) is 13.6. The highest BCUT2D eigenvalue weighted by Gasteiger charge is 2.22. The average molecular weight is 329 g/mol. The number of aromatic nitrogens is 2. The first-order valence-corrected chi connectivity index (χ1v) is 7.81. The van der Waals surface area contributed by atoms with Crippen LogP contribution in [0.5, 0.6) is 17.2 Å². The maximum Gasteiger partial charge on any atom is 0.289 e. The predicted octanol–water partition coefficient (Wildman–Crippen LogP) is 1.83. The molecular formula is C17H19N3O4. The average Bonchev–Trinajstić information content (AvgIpc) is 2.92. The summed E-state index contributed by atoms with van der Waals surface area (Å²) < 4.78 is 11.4. The Balaban J connectivity index is 1.75. The van der Waals surface area contributed by atoms with Crippen molar-refractivity contribution in [3.8, 4) is 17.2 Å². The number of benzene rings is 1. The van der Waals surface area contributed by atoms with E-state index in [1.54, 1.807) is 0 Å². The fourth-order valence-corrected chi connectivity index (χ4v) is 2.60. The first-order valence-electron chi connectivity index (χ1n) is 7.81. The van der Waals surface area contributed by atoms with Crippen LogP contribution in [0.3, 0.4) is 0 Å². The molecule has 0 aliphatic carbocycles. The summed E-state index contributed by atoms with van der Waals surface area (Å²) in [4.78, 5) is 19.7. The van der Waals surface area contributed by atoms with Crippen molar-refractivity contribution in [2.45, 2.75) is 32.9 Å². The van der Waals surface area contributed by atoms with Gasteiger partial charge in [0.2, 0.25) is 5.82 Å². The number of nitrogens with one attached hydrogen (secondary N) is 1. The van der Waals surface area contributed by atoms with Crippen molar-refractivity contribution in [2.24, 2.45) is 0 Å². The number of amides is 1. The highest BCUT2D eigenvalue weighted by atomic mass is 16.5. The molecule has 24 heavy (non-hydrogen) atoms. The summed E-state index contributed by atoms with van der Waals surface area (Å²) in [5.41, 5.74) is 1.94. The number of aromatic hydroxyl groups is 1. The summed E-state index contributed by atoms with van der Waals surface area (Å²) in [7, 11) is 0. The van der Waals surface area contributed by atoms with Gasteiger partial charge < -0.3 is 19.9 Å². The maximum absolute atomic E-state index is 12.1. The van der Waals surface area contributed by atoms with Gasteiger partial charge in [-0.3, -0.25) is 4.79 Å². The second kappa shape index (κ2) is 6.74. The van der Waals surface area contributed by atoms with Crippen LogP contribution in [0.1, 0.15) is 35.6 Å². The third kappa shape index (κ3) is 3.40. The number of fused-ring (bicyclic) bond motifs is 1. The molecule has 7 nitrogen and oxygen atoms in total. The molecule has 0 fully saturated rings. The van der Waals surface area contributed by atoms with E-state index in [-0.39, 0.29) is 24.2 Å². The smallest absolute Gasteiger partial charge is 0.289 e. The molecule has 1 aromatic carbocycles. The normalized spacial score (nSPS) is 15.5. The molecule has 3 rings (SSSR count). The number of rotatable bonds is 5. The van der Waals surface area contributed by atoms with Crippen LogP contribution in [-0.4, -0.2) is 33.7 Å². The van der Waals surface area contributed by atoms with Gasteiger partial charge in [-0.25, -0.2) is 9.97 Å². The van der Waals surface area contributed by atoms with Crippen molar-refractivity contribution in [2.75, 3.05) is 6.61 Å². The fourth-order valence-electron chi connectivity index (χ4n) is 2.60. The van der Waals surface area contributed by atoms with Gasteiger partial charge in [0, 0.05) is 24.1 Å². The quantitative estimate of drug-likeness (QED) is 0.869. The first-order chi connectivity index (χ1) is 11.6. The third-order valence-corrected chi connectivity index (χ3v) is 3.66. The zero-order chi connectivity index (χ0) is 17.1. The summed E-state index contributed by atoms with van der Waals surface area (Å²) >= 11 is 0. The van der Waals surface area contributed by atoms with E-state index in [1.165, 1.54) is 12.4 Å². The first kappa shape index (κ1) is 16.0. The van der Waals surface area contributed by atoms with Crippen molar-refractivity contribution in [1.82, 2.24) is 15.3 Å². The highest BCUT2D eigenvalue weighted by molar-refractivity contribution is 5.90. The predicted molar refractivity (Wildman–Crippen MR) is 86.3 cm³/mol. The van der Waals surface area contributed by atoms with E-state index >= 15 is 0 Å². The molecule has 2 aromatic rings. The second-order valence-corrected chi connectivity index (χ2v) is 5.58. The Hall–Kier alpha value is -2.83. The molecule has 2 N–H and O–H groups in total. The van der Waals surface area contributed by atoms with Crippen LogP contribution in [-0.2, 0) is 13.0 Å².